The number of hydrogen-bond acceptors (Lipinski definition) is 4. The number of carbonyl (C=O) groups excluding carboxylic acids is 1. The summed E-state index contributed by atoms with van der Waals surface area (Å²) in [6.07, 6.45) is 1.85. The van der Waals surface area contributed by atoms with Crippen LogP contribution >= 0.6 is 0 Å². The van der Waals surface area contributed by atoms with E-state index in [4.69, 9.17) is 19.9 Å². The van der Waals surface area contributed by atoms with E-state index in [9.17, 15) is 4.79 Å². The number of ether oxygens (including phenoxy) is 3. The minimum atomic E-state index is -0.479. The van der Waals surface area contributed by atoms with Crippen molar-refractivity contribution in [2.75, 3.05) is 20.3 Å². The fourth-order valence-corrected chi connectivity index (χ4v) is 2.92. The van der Waals surface area contributed by atoms with Gasteiger partial charge in [0.15, 0.2) is 6.61 Å². The van der Waals surface area contributed by atoms with Gasteiger partial charge in [-0.3, -0.25) is 4.79 Å². The van der Waals surface area contributed by atoms with Gasteiger partial charge in [0.05, 0.1) is 13.7 Å². The molecular formula is C19H21NO4. The summed E-state index contributed by atoms with van der Waals surface area (Å²) < 4.78 is 16.5. The minimum absolute atomic E-state index is 0.106. The molecule has 1 amide bonds. The van der Waals surface area contributed by atoms with Crippen LogP contribution in [0.15, 0.2) is 42.5 Å². The molecule has 3 rings (SSSR count). The zero-order chi connectivity index (χ0) is 16.9. The van der Waals surface area contributed by atoms with Crippen LogP contribution in [0.25, 0.3) is 0 Å². The highest BCUT2D eigenvalue weighted by molar-refractivity contribution is 5.75. The van der Waals surface area contributed by atoms with Gasteiger partial charge in [-0.05, 0) is 42.2 Å². The first-order valence-corrected chi connectivity index (χ1v) is 7.94. The highest BCUT2D eigenvalue weighted by atomic mass is 16.5. The predicted octanol–water partition coefficient (Wildman–Crippen LogP) is 2.35. The van der Waals surface area contributed by atoms with E-state index < -0.39 is 5.91 Å². The van der Waals surface area contributed by atoms with Gasteiger partial charge in [0.2, 0.25) is 0 Å². The lowest BCUT2D eigenvalue weighted by atomic mass is 9.91. The average Bonchev–Trinajstić information content (AvgIpc) is 2.60. The van der Waals surface area contributed by atoms with E-state index in [0.29, 0.717) is 18.3 Å². The van der Waals surface area contributed by atoms with E-state index in [0.717, 1.165) is 29.9 Å². The number of amides is 1. The van der Waals surface area contributed by atoms with Crippen LogP contribution in [0.1, 0.15) is 11.1 Å². The zero-order valence-electron chi connectivity index (χ0n) is 13.7. The molecule has 126 valence electrons. The molecule has 2 aromatic rings. The van der Waals surface area contributed by atoms with Gasteiger partial charge in [0.1, 0.15) is 17.2 Å². The van der Waals surface area contributed by atoms with Gasteiger partial charge in [-0.1, -0.05) is 18.2 Å². The number of rotatable bonds is 6. The molecule has 1 aliphatic heterocycles. The fourth-order valence-electron chi connectivity index (χ4n) is 2.92. The first-order valence-electron chi connectivity index (χ1n) is 7.94. The van der Waals surface area contributed by atoms with E-state index in [-0.39, 0.29) is 6.61 Å². The van der Waals surface area contributed by atoms with Crippen molar-refractivity contribution in [3.05, 3.63) is 53.6 Å². The number of primary amides is 1. The van der Waals surface area contributed by atoms with Crippen LogP contribution in [0.3, 0.4) is 0 Å². The van der Waals surface area contributed by atoms with Crippen LogP contribution in [-0.4, -0.2) is 26.2 Å². The summed E-state index contributed by atoms with van der Waals surface area (Å²) in [7, 11) is 1.65. The zero-order valence-corrected chi connectivity index (χ0v) is 13.7. The van der Waals surface area contributed by atoms with Crippen LogP contribution in [-0.2, 0) is 17.6 Å². The smallest absolute Gasteiger partial charge is 0.255 e. The number of benzene rings is 2. The third-order valence-electron chi connectivity index (χ3n) is 4.06. The third-order valence-corrected chi connectivity index (χ3v) is 4.06. The Labute approximate surface area is 141 Å². The van der Waals surface area contributed by atoms with Crippen molar-refractivity contribution in [1.82, 2.24) is 0 Å². The molecule has 2 aromatic carbocycles. The van der Waals surface area contributed by atoms with Crippen molar-refractivity contribution in [3.8, 4) is 17.2 Å². The van der Waals surface area contributed by atoms with Crippen LogP contribution in [0, 0.1) is 5.92 Å². The lowest BCUT2D eigenvalue weighted by Gasteiger charge is -2.25. The molecule has 0 spiro atoms. The Morgan fingerprint density at radius 3 is 2.92 bits per heavy atom. The molecule has 0 saturated heterocycles. The summed E-state index contributed by atoms with van der Waals surface area (Å²) in [6.45, 7) is 0.567. The molecule has 5 heteroatoms. The van der Waals surface area contributed by atoms with Crippen molar-refractivity contribution in [1.29, 1.82) is 0 Å². The standard InChI is InChI=1S/C19H21NO4/c1-22-16-6-5-15-8-14(11-24-18(15)10-16)7-13-3-2-4-17(9-13)23-12-19(20)21/h2-6,9-10,14H,7-8,11-12H2,1H3,(H2,20,21). The predicted molar refractivity (Wildman–Crippen MR) is 90.5 cm³/mol. The molecule has 5 nitrogen and oxygen atoms in total. The summed E-state index contributed by atoms with van der Waals surface area (Å²) in [5, 5.41) is 0. The van der Waals surface area contributed by atoms with Crippen molar-refractivity contribution < 1.29 is 19.0 Å². The lowest BCUT2D eigenvalue weighted by Crippen LogP contribution is -2.23. The number of methoxy groups -OCH3 is 1. The molecule has 0 aliphatic carbocycles. The topological polar surface area (TPSA) is 70.8 Å². The second kappa shape index (κ2) is 7.25. The number of nitrogens with two attached hydrogens (primary N) is 1. The van der Waals surface area contributed by atoms with Gasteiger partial charge >= 0.3 is 0 Å². The minimum Gasteiger partial charge on any atom is -0.497 e. The Bertz CT molecular complexity index is 729. The summed E-state index contributed by atoms with van der Waals surface area (Å²) in [5.41, 5.74) is 7.46. The van der Waals surface area contributed by atoms with Crippen molar-refractivity contribution >= 4 is 5.91 Å². The molecule has 1 atom stereocenters. The third kappa shape index (κ3) is 3.98. The molecular weight excluding hydrogens is 306 g/mol. The molecule has 0 saturated carbocycles. The Morgan fingerprint density at radius 1 is 1.25 bits per heavy atom. The van der Waals surface area contributed by atoms with Crippen LogP contribution in [0.5, 0.6) is 17.2 Å². The molecule has 0 radical (unpaired) electrons. The molecule has 1 heterocycles. The van der Waals surface area contributed by atoms with Gasteiger partial charge in [-0.25, -0.2) is 0 Å². The Morgan fingerprint density at radius 2 is 2.12 bits per heavy atom. The Kier molecular flexibility index (Phi) is 4.89. The highest BCUT2D eigenvalue weighted by Crippen LogP contribution is 2.32. The Balaban J connectivity index is 1.64. The SMILES string of the molecule is COc1ccc2c(c1)OCC(Cc1cccc(OCC(N)=O)c1)C2. The lowest BCUT2D eigenvalue weighted by molar-refractivity contribution is -0.119. The first kappa shape index (κ1) is 16.2. The second-order valence-corrected chi connectivity index (χ2v) is 5.96. The van der Waals surface area contributed by atoms with Crippen LogP contribution in [0.4, 0.5) is 0 Å². The van der Waals surface area contributed by atoms with E-state index in [2.05, 4.69) is 12.1 Å². The summed E-state index contributed by atoms with van der Waals surface area (Å²) >= 11 is 0. The van der Waals surface area contributed by atoms with Crippen LogP contribution < -0.4 is 19.9 Å². The second-order valence-electron chi connectivity index (χ2n) is 5.96. The van der Waals surface area contributed by atoms with E-state index >= 15 is 0 Å². The van der Waals surface area contributed by atoms with E-state index in [1.54, 1.807) is 7.11 Å². The quantitative estimate of drug-likeness (QED) is 0.884. The van der Waals surface area contributed by atoms with Gasteiger partial charge in [0, 0.05) is 12.0 Å². The molecule has 1 aliphatic rings. The van der Waals surface area contributed by atoms with Crippen molar-refractivity contribution in [2.24, 2.45) is 11.7 Å². The van der Waals surface area contributed by atoms with Crippen molar-refractivity contribution in [3.63, 3.8) is 0 Å². The average molecular weight is 327 g/mol. The maximum Gasteiger partial charge on any atom is 0.255 e. The maximum absolute atomic E-state index is 10.8. The van der Waals surface area contributed by atoms with Crippen LogP contribution in [0.2, 0.25) is 0 Å². The van der Waals surface area contributed by atoms with Gasteiger partial charge in [0.25, 0.3) is 5.91 Å². The molecule has 0 bridgehead atoms. The molecule has 0 fully saturated rings. The fraction of sp³-hybridized carbons (Fsp3) is 0.316. The normalized spacial score (nSPS) is 16.0. The molecule has 1 unspecified atom stereocenters. The monoisotopic (exact) mass is 327 g/mol. The van der Waals surface area contributed by atoms with E-state index in [1.807, 2.05) is 30.3 Å². The summed E-state index contributed by atoms with van der Waals surface area (Å²) in [6, 6.07) is 13.7. The summed E-state index contributed by atoms with van der Waals surface area (Å²) in [4.78, 5) is 10.8. The van der Waals surface area contributed by atoms with Gasteiger partial charge in [-0.15, -0.1) is 0 Å². The number of hydrogen-bond donors (Lipinski definition) is 1. The molecule has 24 heavy (non-hydrogen) atoms. The van der Waals surface area contributed by atoms with Crippen molar-refractivity contribution in [2.45, 2.75) is 12.8 Å². The summed E-state index contributed by atoms with van der Waals surface area (Å²) in [5.74, 6) is 2.30. The number of carbonyl (C=O) groups is 1. The molecule has 2 N–H and O–H groups in total. The first-order chi connectivity index (χ1) is 11.6. The van der Waals surface area contributed by atoms with Gasteiger partial charge < -0.3 is 19.9 Å². The van der Waals surface area contributed by atoms with E-state index in [1.165, 1.54) is 5.56 Å². The molecule has 0 aromatic heterocycles. The van der Waals surface area contributed by atoms with Gasteiger partial charge in [-0.2, -0.15) is 0 Å². The number of fused-ring (bicyclic) bond motifs is 1. The maximum atomic E-state index is 10.8. The highest BCUT2D eigenvalue weighted by Gasteiger charge is 2.21. The Hall–Kier alpha value is -2.69. The largest absolute Gasteiger partial charge is 0.497 e.